The van der Waals surface area contributed by atoms with Crippen molar-refractivity contribution in [3.8, 4) is 11.1 Å². The maximum atomic E-state index is 3.82. The van der Waals surface area contributed by atoms with Crippen molar-refractivity contribution in [1.29, 1.82) is 0 Å². The summed E-state index contributed by atoms with van der Waals surface area (Å²) in [6.07, 6.45) is 1.87. The first-order valence-electron chi connectivity index (χ1n) is 9.49. The Morgan fingerprint density at radius 1 is 0.571 bits per heavy atom. The largest absolute Gasteiger partial charge is 0.311 e. The molecule has 0 amide bonds. The average molecular weight is 361 g/mol. The van der Waals surface area contributed by atoms with Gasteiger partial charge < -0.3 is 4.90 Å². The molecule has 136 valence electrons. The van der Waals surface area contributed by atoms with E-state index in [1.165, 1.54) is 16.7 Å². The molecule has 0 atom stereocenters. The number of para-hydroxylation sites is 1. The van der Waals surface area contributed by atoms with Crippen LogP contribution in [0.4, 0.5) is 17.1 Å². The summed E-state index contributed by atoms with van der Waals surface area (Å²) in [6.45, 7) is 5.94. The molecule has 0 saturated carbocycles. The Labute approximate surface area is 167 Å². The quantitative estimate of drug-likeness (QED) is 0.351. The van der Waals surface area contributed by atoms with E-state index in [9.17, 15) is 0 Å². The Morgan fingerprint density at radius 3 is 1.57 bits per heavy atom. The van der Waals surface area contributed by atoms with Crippen LogP contribution in [0.25, 0.3) is 17.2 Å². The third-order valence-corrected chi connectivity index (χ3v) is 4.91. The standard InChI is InChI=1S/C27H23N/c1-3-22-11-13-23(14-12-22)24-15-19-27(20-16-24)28(25-7-5-4-6-8-25)26-17-9-21(2)10-18-26/h3-20H,1H2,2H3. The zero-order valence-corrected chi connectivity index (χ0v) is 16.0. The first-order valence-corrected chi connectivity index (χ1v) is 9.49. The summed E-state index contributed by atoms with van der Waals surface area (Å²) in [5.41, 5.74) is 8.25. The van der Waals surface area contributed by atoms with Gasteiger partial charge in [-0.05, 0) is 60.0 Å². The van der Waals surface area contributed by atoms with Crippen molar-refractivity contribution < 1.29 is 0 Å². The highest BCUT2D eigenvalue weighted by Gasteiger charge is 2.12. The molecular formula is C27H23N. The van der Waals surface area contributed by atoms with E-state index in [2.05, 4.69) is 115 Å². The summed E-state index contributed by atoms with van der Waals surface area (Å²) in [6, 6.07) is 36.3. The lowest BCUT2D eigenvalue weighted by atomic mass is 10.0. The van der Waals surface area contributed by atoms with Crippen LogP contribution in [0, 0.1) is 6.92 Å². The molecule has 0 aliphatic rings. The lowest BCUT2D eigenvalue weighted by Crippen LogP contribution is -2.09. The molecule has 1 nitrogen and oxygen atoms in total. The number of benzene rings is 4. The molecular weight excluding hydrogens is 338 g/mol. The minimum Gasteiger partial charge on any atom is -0.311 e. The van der Waals surface area contributed by atoms with Gasteiger partial charge in [0, 0.05) is 17.1 Å². The molecule has 4 rings (SSSR count). The van der Waals surface area contributed by atoms with E-state index >= 15 is 0 Å². The molecule has 0 bridgehead atoms. The molecule has 0 spiro atoms. The highest BCUT2D eigenvalue weighted by atomic mass is 15.1. The van der Waals surface area contributed by atoms with Crippen molar-refractivity contribution in [3.05, 3.63) is 121 Å². The maximum Gasteiger partial charge on any atom is 0.0462 e. The van der Waals surface area contributed by atoms with Crippen molar-refractivity contribution >= 4 is 23.1 Å². The summed E-state index contributed by atoms with van der Waals surface area (Å²) in [5, 5.41) is 0. The maximum absolute atomic E-state index is 3.82. The number of aryl methyl sites for hydroxylation is 1. The molecule has 0 aliphatic heterocycles. The third kappa shape index (κ3) is 3.74. The summed E-state index contributed by atoms with van der Waals surface area (Å²) in [7, 11) is 0. The minimum absolute atomic E-state index is 1.13. The molecule has 0 N–H and O–H groups in total. The molecule has 4 aromatic carbocycles. The highest BCUT2D eigenvalue weighted by molar-refractivity contribution is 5.78. The molecule has 0 aliphatic carbocycles. The molecule has 0 fully saturated rings. The second-order valence-electron chi connectivity index (χ2n) is 6.88. The van der Waals surface area contributed by atoms with Crippen LogP contribution in [-0.2, 0) is 0 Å². The van der Waals surface area contributed by atoms with Gasteiger partial charge in [0.15, 0.2) is 0 Å². The smallest absolute Gasteiger partial charge is 0.0462 e. The van der Waals surface area contributed by atoms with Crippen LogP contribution < -0.4 is 4.90 Å². The van der Waals surface area contributed by atoms with Gasteiger partial charge in [0.25, 0.3) is 0 Å². The second-order valence-corrected chi connectivity index (χ2v) is 6.88. The van der Waals surface area contributed by atoms with Crippen LogP contribution in [0.1, 0.15) is 11.1 Å². The number of nitrogens with zero attached hydrogens (tertiary/aromatic N) is 1. The van der Waals surface area contributed by atoms with Gasteiger partial charge in [-0.15, -0.1) is 0 Å². The second kappa shape index (κ2) is 7.98. The van der Waals surface area contributed by atoms with E-state index in [1.54, 1.807) is 0 Å². The Kier molecular flexibility index (Phi) is 5.07. The van der Waals surface area contributed by atoms with Crippen LogP contribution >= 0.6 is 0 Å². The van der Waals surface area contributed by atoms with Crippen molar-refractivity contribution in [2.45, 2.75) is 6.92 Å². The Bertz CT molecular complexity index is 1040. The average Bonchev–Trinajstić information content (AvgIpc) is 2.77. The summed E-state index contributed by atoms with van der Waals surface area (Å²) < 4.78 is 0. The van der Waals surface area contributed by atoms with Gasteiger partial charge in [0.05, 0.1) is 0 Å². The minimum atomic E-state index is 1.13. The fourth-order valence-electron chi connectivity index (χ4n) is 3.33. The van der Waals surface area contributed by atoms with Gasteiger partial charge >= 0.3 is 0 Å². The zero-order valence-electron chi connectivity index (χ0n) is 16.0. The Morgan fingerprint density at radius 2 is 1.04 bits per heavy atom. The Hall–Kier alpha value is -3.58. The van der Waals surface area contributed by atoms with Crippen LogP contribution in [0.3, 0.4) is 0 Å². The molecule has 1 heteroatoms. The normalized spacial score (nSPS) is 10.5. The van der Waals surface area contributed by atoms with Crippen LogP contribution in [0.2, 0.25) is 0 Å². The fraction of sp³-hybridized carbons (Fsp3) is 0.0370. The van der Waals surface area contributed by atoms with E-state index in [-0.39, 0.29) is 0 Å². The molecule has 28 heavy (non-hydrogen) atoms. The molecule has 0 aromatic heterocycles. The van der Waals surface area contributed by atoms with Gasteiger partial charge in [0.1, 0.15) is 0 Å². The predicted octanol–water partition coefficient (Wildman–Crippen LogP) is 7.77. The van der Waals surface area contributed by atoms with E-state index in [0.29, 0.717) is 0 Å². The lowest BCUT2D eigenvalue weighted by Gasteiger charge is -2.25. The molecule has 0 radical (unpaired) electrons. The third-order valence-electron chi connectivity index (χ3n) is 4.91. The summed E-state index contributed by atoms with van der Waals surface area (Å²) in [4.78, 5) is 2.28. The monoisotopic (exact) mass is 361 g/mol. The van der Waals surface area contributed by atoms with E-state index < -0.39 is 0 Å². The van der Waals surface area contributed by atoms with Gasteiger partial charge in [-0.2, -0.15) is 0 Å². The van der Waals surface area contributed by atoms with Crippen molar-refractivity contribution in [2.75, 3.05) is 4.90 Å². The SMILES string of the molecule is C=Cc1ccc(-c2ccc(N(c3ccccc3)c3ccc(C)cc3)cc2)cc1. The first kappa shape index (κ1) is 17.8. The van der Waals surface area contributed by atoms with Crippen molar-refractivity contribution in [2.24, 2.45) is 0 Å². The van der Waals surface area contributed by atoms with E-state index in [4.69, 9.17) is 0 Å². The van der Waals surface area contributed by atoms with Gasteiger partial charge in [-0.1, -0.05) is 84.9 Å². The molecule has 0 saturated heterocycles. The van der Waals surface area contributed by atoms with Crippen molar-refractivity contribution in [3.63, 3.8) is 0 Å². The fourth-order valence-corrected chi connectivity index (χ4v) is 3.33. The van der Waals surface area contributed by atoms with E-state index in [0.717, 1.165) is 22.6 Å². The summed E-state index contributed by atoms with van der Waals surface area (Å²) in [5.74, 6) is 0. The number of hydrogen-bond donors (Lipinski definition) is 0. The van der Waals surface area contributed by atoms with E-state index in [1.807, 2.05) is 12.1 Å². The van der Waals surface area contributed by atoms with Crippen LogP contribution in [0.5, 0.6) is 0 Å². The molecule has 0 unspecified atom stereocenters. The van der Waals surface area contributed by atoms with Crippen LogP contribution in [0.15, 0.2) is 110 Å². The lowest BCUT2D eigenvalue weighted by molar-refractivity contribution is 1.27. The van der Waals surface area contributed by atoms with Gasteiger partial charge in [0.2, 0.25) is 0 Å². The zero-order chi connectivity index (χ0) is 19.3. The Balaban J connectivity index is 1.72. The topological polar surface area (TPSA) is 3.24 Å². The molecule has 4 aromatic rings. The first-order chi connectivity index (χ1) is 13.7. The molecule has 0 heterocycles. The van der Waals surface area contributed by atoms with Gasteiger partial charge in [-0.25, -0.2) is 0 Å². The number of hydrogen-bond acceptors (Lipinski definition) is 1. The van der Waals surface area contributed by atoms with Crippen LogP contribution in [-0.4, -0.2) is 0 Å². The predicted molar refractivity (Wildman–Crippen MR) is 121 cm³/mol. The number of anilines is 3. The number of rotatable bonds is 5. The highest BCUT2D eigenvalue weighted by Crippen LogP contribution is 2.35. The van der Waals surface area contributed by atoms with Gasteiger partial charge in [-0.3, -0.25) is 0 Å². The summed E-state index contributed by atoms with van der Waals surface area (Å²) >= 11 is 0. The van der Waals surface area contributed by atoms with Crippen molar-refractivity contribution in [1.82, 2.24) is 0 Å².